The van der Waals surface area contributed by atoms with Crippen molar-refractivity contribution in [3.63, 3.8) is 0 Å². The third-order valence-electron chi connectivity index (χ3n) is 5.43. The van der Waals surface area contributed by atoms with E-state index in [0.717, 1.165) is 65.7 Å². The van der Waals surface area contributed by atoms with Crippen molar-refractivity contribution in [2.45, 2.75) is 58.8 Å². The van der Waals surface area contributed by atoms with Crippen LogP contribution >= 0.6 is 23.5 Å². The molecule has 0 spiro atoms. The molecule has 0 saturated carbocycles. The van der Waals surface area contributed by atoms with Gasteiger partial charge in [0.1, 0.15) is 5.75 Å². The van der Waals surface area contributed by atoms with Crippen LogP contribution in [0.4, 0.5) is 0 Å². The van der Waals surface area contributed by atoms with E-state index in [0.29, 0.717) is 5.75 Å². The normalized spacial score (nSPS) is 16.9. The first-order valence-electron chi connectivity index (χ1n) is 11.2. The molecule has 4 nitrogen and oxygen atoms in total. The minimum atomic E-state index is -0.183. The first-order valence-corrected chi connectivity index (χ1v) is 13.5. The summed E-state index contributed by atoms with van der Waals surface area (Å²) < 4.78 is 0. The van der Waals surface area contributed by atoms with Gasteiger partial charge in [-0.3, -0.25) is 4.79 Å². The zero-order valence-corrected chi connectivity index (χ0v) is 21.9. The number of rotatable bonds is 8. The molecule has 1 aliphatic heterocycles. The zero-order valence-electron chi connectivity index (χ0n) is 20.3. The minimum Gasteiger partial charge on any atom is -0.507 e. The Balaban J connectivity index is 2.22. The molecule has 1 aromatic rings. The molecule has 1 heterocycles. The number of aromatic hydroxyl groups is 1. The molecule has 0 unspecified atom stereocenters. The number of thioether (sulfide) groups is 2. The number of benzene rings is 1. The SMILES string of the molecule is CSCCNCCCN1CCSC(=Cc2cc(C(C)(C)C)c(O)c(C(C)(C)C)c2)C1=O. The summed E-state index contributed by atoms with van der Waals surface area (Å²) in [7, 11) is 0. The van der Waals surface area contributed by atoms with Crippen LogP contribution in [-0.4, -0.2) is 59.9 Å². The van der Waals surface area contributed by atoms with Crippen LogP contribution in [0.1, 0.15) is 64.7 Å². The van der Waals surface area contributed by atoms with E-state index in [1.165, 1.54) is 0 Å². The highest BCUT2D eigenvalue weighted by Gasteiger charge is 2.28. The Bertz CT molecular complexity index is 757. The van der Waals surface area contributed by atoms with E-state index in [9.17, 15) is 9.90 Å². The van der Waals surface area contributed by atoms with Gasteiger partial charge in [-0.25, -0.2) is 0 Å². The van der Waals surface area contributed by atoms with Gasteiger partial charge in [0.15, 0.2) is 0 Å². The van der Waals surface area contributed by atoms with Gasteiger partial charge in [0.25, 0.3) is 5.91 Å². The average molecular weight is 465 g/mol. The minimum absolute atomic E-state index is 0.128. The predicted octanol–water partition coefficient (Wildman–Crippen LogP) is 5.25. The molecule has 31 heavy (non-hydrogen) atoms. The lowest BCUT2D eigenvalue weighted by Crippen LogP contribution is -2.38. The van der Waals surface area contributed by atoms with Crippen LogP contribution in [0, 0.1) is 0 Å². The molecule has 174 valence electrons. The van der Waals surface area contributed by atoms with Crippen LogP contribution in [0.2, 0.25) is 0 Å². The number of amides is 1. The third kappa shape index (κ3) is 7.47. The Morgan fingerprint density at radius 1 is 1.13 bits per heavy atom. The standard InChI is InChI=1S/C25H40N2O2S2/c1-24(2,3)19-15-18(16-20(22(19)28)25(4,5)6)17-21-23(29)27(12-14-31-21)11-8-9-26-10-13-30-7/h15-17,26,28H,8-14H2,1-7H3. The van der Waals surface area contributed by atoms with Crippen molar-refractivity contribution in [3.8, 4) is 5.75 Å². The van der Waals surface area contributed by atoms with Crippen molar-refractivity contribution in [1.82, 2.24) is 10.2 Å². The summed E-state index contributed by atoms with van der Waals surface area (Å²) in [5.74, 6) is 2.54. The highest BCUT2D eigenvalue weighted by atomic mass is 32.2. The van der Waals surface area contributed by atoms with Gasteiger partial charge in [-0.15, -0.1) is 11.8 Å². The summed E-state index contributed by atoms with van der Waals surface area (Å²) in [6.45, 7) is 16.2. The van der Waals surface area contributed by atoms with Crippen molar-refractivity contribution in [1.29, 1.82) is 0 Å². The number of hydrogen-bond acceptors (Lipinski definition) is 5. The summed E-state index contributed by atoms with van der Waals surface area (Å²) in [5.41, 5.74) is 2.47. The van der Waals surface area contributed by atoms with Crippen LogP contribution in [-0.2, 0) is 15.6 Å². The summed E-state index contributed by atoms with van der Waals surface area (Å²) in [6.07, 6.45) is 5.10. The number of nitrogens with one attached hydrogen (secondary N) is 1. The van der Waals surface area contributed by atoms with Gasteiger partial charge in [-0.2, -0.15) is 11.8 Å². The van der Waals surface area contributed by atoms with Gasteiger partial charge < -0.3 is 15.3 Å². The molecule has 1 aromatic carbocycles. The molecule has 0 bridgehead atoms. The Morgan fingerprint density at radius 2 is 1.74 bits per heavy atom. The average Bonchev–Trinajstić information content (AvgIpc) is 2.66. The second-order valence-corrected chi connectivity index (χ2v) is 12.3. The number of carbonyl (C=O) groups excluding carboxylic acids is 1. The van der Waals surface area contributed by atoms with Crippen LogP contribution in [0.25, 0.3) is 6.08 Å². The van der Waals surface area contributed by atoms with E-state index in [2.05, 4.69) is 53.1 Å². The van der Waals surface area contributed by atoms with Gasteiger partial charge in [-0.05, 0) is 53.8 Å². The Morgan fingerprint density at radius 3 is 2.29 bits per heavy atom. The molecular weight excluding hydrogens is 424 g/mol. The summed E-state index contributed by atoms with van der Waals surface area (Å²) in [5, 5.41) is 14.4. The van der Waals surface area contributed by atoms with Gasteiger partial charge in [-0.1, -0.05) is 41.5 Å². The topological polar surface area (TPSA) is 52.6 Å². The van der Waals surface area contributed by atoms with Crippen molar-refractivity contribution in [2.75, 3.05) is 43.9 Å². The number of phenolic OH excluding ortho intramolecular Hbond substituents is 1. The van der Waals surface area contributed by atoms with Crippen molar-refractivity contribution < 1.29 is 9.90 Å². The number of carbonyl (C=O) groups is 1. The van der Waals surface area contributed by atoms with Crippen molar-refractivity contribution in [2.24, 2.45) is 0 Å². The molecule has 6 heteroatoms. The van der Waals surface area contributed by atoms with E-state index < -0.39 is 0 Å². The van der Waals surface area contributed by atoms with E-state index in [-0.39, 0.29) is 16.7 Å². The van der Waals surface area contributed by atoms with E-state index in [1.54, 1.807) is 11.8 Å². The van der Waals surface area contributed by atoms with Crippen molar-refractivity contribution in [3.05, 3.63) is 33.7 Å². The zero-order chi connectivity index (χ0) is 23.2. The molecule has 0 atom stereocenters. The maximum atomic E-state index is 13.1. The van der Waals surface area contributed by atoms with Crippen LogP contribution in [0.3, 0.4) is 0 Å². The number of nitrogens with zero attached hydrogens (tertiary/aromatic N) is 1. The monoisotopic (exact) mass is 464 g/mol. The predicted molar refractivity (Wildman–Crippen MR) is 138 cm³/mol. The molecule has 1 amide bonds. The van der Waals surface area contributed by atoms with E-state index >= 15 is 0 Å². The molecule has 0 aliphatic carbocycles. The lowest BCUT2D eigenvalue weighted by molar-refractivity contribution is -0.126. The van der Waals surface area contributed by atoms with Crippen LogP contribution < -0.4 is 5.32 Å². The Hall–Kier alpha value is -1.11. The Labute approximate surface area is 197 Å². The van der Waals surface area contributed by atoms with Crippen LogP contribution in [0.15, 0.2) is 17.0 Å². The van der Waals surface area contributed by atoms with Gasteiger partial charge in [0.05, 0.1) is 4.91 Å². The fraction of sp³-hybridized carbons (Fsp3) is 0.640. The largest absolute Gasteiger partial charge is 0.507 e. The van der Waals surface area contributed by atoms with E-state index in [1.807, 2.05) is 34.9 Å². The van der Waals surface area contributed by atoms with E-state index in [4.69, 9.17) is 0 Å². The quantitative estimate of drug-likeness (QED) is 0.407. The van der Waals surface area contributed by atoms with Gasteiger partial charge in [0, 0.05) is 42.3 Å². The van der Waals surface area contributed by atoms with Crippen LogP contribution in [0.5, 0.6) is 5.75 Å². The second kappa shape index (κ2) is 11.2. The molecule has 0 aromatic heterocycles. The molecule has 0 radical (unpaired) electrons. The highest BCUT2D eigenvalue weighted by Crippen LogP contribution is 2.40. The molecule has 1 saturated heterocycles. The summed E-state index contributed by atoms with van der Waals surface area (Å²) >= 11 is 3.48. The molecule has 2 rings (SSSR count). The maximum absolute atomic E-state index is 13.1. The lowest BCUT2D eigenvalue weighted by atomic mass is 9.78. The third-order valence-corrected chi connectivity index (χ3v) is 7.03. The fourth-order valence-electron chi connectivity index (χ4n) is 3.63. The molecule has 1 fully saturated rings. The highest BCUT2D eigenvalue weighted by molar-refractivity contribution is 8.04. The maximum Gasteiger partial charge on any atom is 0.260 e. The lowest BCUT2D eigenvalue weighted by Gasteiger charge is -2.29. The fourth-order valence-corrected chi connectivity index (χ4v) is 4.98. The van der Waals surface area contributed by atoms with Gasteiger partial charge >= 0.3 is 0 Å². The smallest absolute Gasteiger partial charge is 0.260 e. The first kappa shape index (κ1) is 26.1. The number of hydrogen-bond donors (Lipinski definition) is 2. The number of phenols is 1. The summed E-state index contributed by atoms with van der Waals surface area (Å²) in [6, 6.07) is 4.08. The molecule has 2 N–H and O–H groups in total. The van der Waals surface area contributed by atoms with Gasteiger partial charge in [0.2, 0.25) is 0 Å². The Kier molecular flexibility index (Phi) is 9.41. The summed E-state index contributed by atoms with van der Waals surface area (Å²) in [4.78, 5) is 15.9. The first-order chi connectivity index (χ1) is 14.4. The molecular formula is C25H40N2O2S2. The van der Waals surface area contributed by atoms with Crippen molar-refractivity contribution >= 4 is 35.5 Å². The second-order valence-electron chi connectivity index (χ2n) is 10.2. The molecule has 1 aliphatic rings.